The number of nitrogens with zero attached hydrogens (tertiary/aromatic N) is 5. The number of carbonyl (C=O) groups excluding carboxylic acids is 2. The number of rotatable bonds is 5. The highest BCUT2D eigenvalue weighted by Crippen LogP contribution is 2.43. The quantitative estimate of drug-likeness (QED) is 0.468. The second kappa shape index (κ2) is 12.3. The first-order chi connectivity index (χ1) is 21.1. The van der Waals surface area contributed by atoms with Crippen molar-refractivity contribution in [3.63, 3.8) is 0 Å². The van der Waals surface area contributed by atoms with Crippen LogP contribution in [0.15, 0.2) is 36.5 Å². The number of likely N-dealkylation sites (tertiary alicyclic amines) is 1. The Morgan fingerprint density at radius 2 is 1.59 bits per heavy atom. The molecule has 0 aliphatic carbocycles. The van der Waals surface area contributed by atoms with Gasteiger partial charge in [-0.05, 0) is 75.9 Å². The van der Waals surface area contributed by atoms with E-state index >= 15 is 0 Å². The zero-order chi connectivity index (χ0) is 30.9. The first kappa shape index (κ1) is 30.2. The highest BCUT2D eigenvalue weighted by Gasteiger charge is 2.47. The van der Waals surface area contributed by atoms with Crippen LogP contribution in [0.25, 0.3) is 4.85 Å². The molecule has 4 aliphatic heterocycles. The number of piperidine rings is 3. The van der Waals surface area contributed by atoms with Gasteiger partial charge in [0, 0.05) is 62.2 Å². The molecule has 1 aromatic heterocycles. The normalized spacial score (nSPS) is 21.1. The van der Waals surface area contributed by atoms with E-state index < -0.39 is 17.4 Å². The van der Waals surface area contributed by atoms with Crippen LogP contribution < -0.4 is 20.4 Å². The summed E-state index contributed by atoms with van der Waals surface area (Å²) in [6, 6.07) is 7.56. The van der Waals surface area contributed by atoms with Gasteiger partial charge in [-0.1, -0.05) is 6.07 Å². The number of alkyl halides is 3. The third-order valence-electron chi connectivity index (χ3n) is 9.88. The number of nitrogens with one attached hydrogen (secondary N) is 2. The number of benzene rings is 1. The Bertz CT molecular complexity index is 1390. The number of carbonyl (C=O) groups is 2. The molecule has 4 fully saturated rings. The summed E-state index contributed by atoms with van der Waals surface area (Å²) in [6.07, 6.45) is 2.17. The van der Waals surface area contributed by atoms with Gasteiger partial charge in [0.05, 0.1) is 24.0 Å². The Morgan fingerprint density at radius 1 is 0.932 bits per heavy atom. The van der Waals surface area contributed by atoms with Crippen molar-refractivity contribution in [2.75, 3.05) is 67.5 Å². The molecule has 12 heteroatoms. The Labute approximate surface area is 255 Å². The van der Waals surface area contributed by atoms with Crippen LogP contribution in [0.1, 0.15) is 44.1 Å². The first-order valence-electron chi connectivity index (χ1n) is 15.5. The molecule has 234 valence electrons. The molecule has 9 nitrogen and oxygen atoms in total. The topological polar surface area (TPSA) is 85.2 Å². The van der Waals surface area contributed by atoms with Gasteiger partial charge < -0.3 is 25.3 Å². The summed E-state index contributed by atoms with van der Waals surface area (Å²) >= 11 is 0. The second-order valence-corrected chi connectivity index (χ2v) is 12.7. The summed E-state index contributed by atoms with van der Waals surface area (Å²) < 4.78 is 40.2. The molecule has 4 saturated heterocycles. The first-order valence-corrected chi connectivity index (χ1v) is 15.5. The van der Waals surface area contributed by atoms with E-state index in [4.69, 9.17) is 6.57 Å². The molecule has 2 aromatic rings. The molecule has 0 radical (unpaired) electrons. The molecule has 1 spiro atoms. The van der Waals surface area contributed by atoms with Gasteiger partial charge in [-0.2, -0.15) is 13.2 Å². The van der Waals surface area contributed by atoms with Gasteiger partial charge in [0.15, 0.2) is 5.69 Å². The zero-order valence-corrected chi connectivity index (χ0v) is 24.7. The number of hydrogen-bond donors (Lipinski definition) is 2. The molecule has 44 heavy (non-hydrogen) atoms. The SMILES string of the molecule is [C-]#[N+]c1ccc(N2CCC(C(=O)Nc3ccc(N4CCC5(CC4)CN(C(=O)C4CCNCC4)C5)cn3)CC2)cc1C(F)(F)F. The van der Waals surface area contributed by atoms with Crippen molar-refractivity contribution in [2.24, 2.45) is 17.3 Å². The minimum atomic E-state index is -4.60. The lowest BCUT2D eigenvalue weighted by Gasteiger charge is -2.55. The van der Waals surface area contributed by atoms with Crippen LogP contribution in [0.3, 0.4) is 0 Å². The van der Waals surface area contributed by atoms with Crippen LogP contribution in [0.5, 0.6) is 0 Å². The Kier molecular flexibility index (Phi) is 8.42. The molecule has 2 amide bonds. The van der Waals surface area contributed by atoms with Crippen molar-refractivity contribution in [3.05, 3.63) is 53.5 Å². The Hall–Kier alpha value is -3.85. The van der Waals surface area contributed by atoms with Crippen LogP contribution in [0.2, 0.25) is 0 Å². The predicted molar refractivity (Wildman–Crippen MR) is 162 cm³/mol. The average Bonchev–Trinajstić information content (AvgIpc) is 3.03. The fourth-order valence-electron chi connectivity index (χ4n) is 7.12. The molecule has 6 rings (SSSR count). The van der Waals surface area contributed by atoms with Crippen LogP contribution in [0, 0.1) is 23.8 Å². The number of halogens is 3. The van der Waals surface area contributed by atoms with Gasteiger partial charge in [0.2, 0.25) is 11.8 Å². The molecular weight excluding hydrogens is 571 g/mol. The lowest BCUT2D eigenvalue weighted by Crippen LogP contribution is -2.63. The summed E-state index contributed by atoms with van der Waals surface area (Å²) in [5.74, 6) is 0.581. The lowest BCUT2D eigenvalue weighted by atomic mass is 9.71. The van der Waals surface area contributed by atoms with Crippen LogP contribution in [0.4, 0.5) is 36.1 Å². The van der Waals surface area contributed by atoms with Crippen molar-refractivity contribution in [1.29, 1.82) is 0 Å². The van der Waals surface area contributed by atoms with E-state index in [1.54, 1.807) is 6.20 Å². The molecule has 1 aromatic carbocycles. The maximum Gasteiger partial charge on any atom is 0.407 e. The molecule has 5 heterocycles. The standard InChI is InChI=1S/C32H38F3N7O2/c1-36-27-4-2-24(18-26(27)32(33,34)35)40-14-8-22(9-15-40)29(43)39-28-5-3-25(19-38-28)41-16-10-31(11-17-41)20-42(21-31)30(44)23-6-12-37-13-7-23/h2-5,18-19,22-23,37H,6-17,20-21H2,(H,38,39,43). The molecule has 2 N–H and O–H groups in total. The molecule has 0 bridgehead atoms. The van der Waals surface area contributed by atoms with E-state index in [1.807, 2.05) is 17.0 Å². The molecule has 0 saturated carbocycles. The number of pyridine rings is 1. The molecular formula is C32H38F3N7O2. The van der Waals surface area contributed by atoms with Gasteiger partial charge in [0.1, 0.15) is 5.82 Å². The third kappa shape index (κ3) is 6.34. The number of amides is 2. The Morgan fingerprint density at radius 3 is 2.20 bits per heavy atom. The summed E-state index contributed by atoms with van der Waals surface area (Å²) in [5, 5.41) is 6.23. The van der Waals surface area contributed by atoms with E-state index in [0.29, 0.717) is 43.3 Å². The van der Waals surface area contributed by atoms with Gasteiger partial charge in [-0.15, -0.1) is 0 Å². The highest BCUT2D eigenvalue weighted by molar-refractivity contribution is 5.92. The highest BCUT2D eigenvalue weighted by atomic mass is 19.4. The minimum Gasteiger partial charge on any atom is -0.372 e. The van der Waals surface area contributed by atoms with Crippen LogP contribution in [-0.2, 0) is 15.8 Å². The van der Waals surface area contributed by atoms with E-state index in [2.05, 4.69) is 30.3 Å². The smallest absolute Gasteiger partial charge is 0.372 e. The van der Waals surface area contributed by atoms with E-state index in [-0.39, 0.29) is 23.2 Å². The van der Waals surface area contributed by atoms with Crippen molar-refractivity contribution < 1.29 is 22.8 Å². The summed E-state index contributed by atoms with van der Waals surface area (Å²) in [7, 11) is 0. The van der Waals surface area contributed by atoms with Gasteiger partial charge in [-0.3, -0.25) is 9.59 Å². The van der Waals surface area contributed by atoms with Crippen LogP contribution >= 0.6 is 0 Å². The molecule has 4 aliphatic rings. The van der Waals surface area contributed by atoms with Gasteiger partial charge in [-0.25, -0.2) is 9.83 Å². The molecule has 0 atom stereocenters. The number of anilines is 3. The average molecular weight is 610 g/mol. The predicted octanol–water partition coefficient (Wildman–Crippen LogP) is 4.93. The Balaban J connectivity index is 0.956. The monoisotopic (exact) mass is 609 g/mol. The summed E-state index contributed by atoms with van der Waals surface area (Å²) in [4.78, 5) is 39.5. The van der Waals surface area contributed by atoms with Crippen LogP contribution in [-0.4, -0.2) is 74.1 Å². The third-order valence-corrected chi connectivity index (χ3v) is 9.88. The lowest BCUT2D eigenvalue weighted by molar-refractivity contribution is -0.150. The fraction of sp³-hybridized carbons (Fsp3) is 0.562. The van der Waals surface area contributed by atoms with Gasteiger partial charge >= 0.3 is 6.18 Å². The van der Waals surface area contributed by atoms with Crippen molar-refractivity contribution in [1.82, 2.24) is 15.2 Å². The van der Waals surface area contributed by atoms with Crippen molar-refractivity contribution >= 4 is 34.7 Å². The van der Waals surface area contributed by atoms with Crippen molar-refractivity contribution in [2.45, 2.75) is 44.7 Å². The van der Waals surface area contributed by atoms with Crippen molar-refractivity contribution in [3.8, 4) is 0 Å². The second-order valence-electron chi connectivity index (χ2n) is 12.7. The van der Waals surface area contributed by atoms with E-state index in [9.17, 15) is 22.8 Å². The maximum atomic E-state index is 13.4. The maximum absolute atomic E-state index is 13.4. The van der Waals surface area contributed by atoms with Gasteiger partial charge in [0.25, 0.3) is 0 Å². The molecule has 0 unspecified atom stereocenters. The zero-order valence-electron chi connectivity index (χ0n) is 24.7. The summed E-state index contributed by atoms with van der Waals surface area (Å²) in [5.41, 5.74) is 0.305. The van der Waals surface area contributed by atoms with E-state index in [0.717, 1.165) is 76.7 Å². The number of hydrogen-bond acceptors (Lipinski definition) is 6. The largest absolute Gasteiger partial charge is 0.407 e. The minimum absolute atomic E-state index is 0.141. The summed E-state index contributed by atoms with van der Waals surface area (Å²) in [6.45, 7) is 13.3. The fourth-order valence-corrected chi connectivity index (χ4v) is 7.12. The number of aromatic nitrogens is 1. The van der Waals surface area contributed by atoms with E-state index in [1.165, 1.54) is 12.1 Å².